The molecule has 5 heteroatoms. The molecule has 4 rings (SSSR count). The number of halogens is 1. The van der Waals surface area contributed by atoms with Gasteiger partial charge < -0.3 is 19.4 Å². The lowest BCUT2D eigenvalue weighted by Crippen LogP contribution is -2.41. The summed E-state index contributed by atoms with van der Waals surface area (Å²) in [6.07, 6.45) is 6.43. The van der Waals surface area contributed by atoms with Gasteiger partial charge in [-0.2, -0.15) is 0 Å². The molecule has 0 N–H and O–H groups in total. The summed E-state index contributed by atoms with van der Waals surface area (Å²) >= 11 is 0. The molecule has 5 unspecified atom stereocenters. The first kappa shape index (κ1) is 16.8. The second-order valence-electron chi connectivity index (χ2n) is 8.24. The van der Waals surface area contributed by atoms with Crippen LogP contribution in [0.3, 0.4) is 0 Å². The summed E-state index contributed by atoms with van der Waals surface area (Å²) in [5, 5.41) is 11.0. The summed E-state index contributed by atoms with van der Waals surface area (Å²) in [6, 6.07) is 3.41. The Morgan fingerprint density at radius 1 is 1.20 bits per heavy atom. The van der Waals surface area contributed by atoms with E-state index >= 15 is 0 Å². The average molecular weight is 347 g/mol. The van der Waals surface area contributed by atoms with Crippen LogP contribution in [-0.2, 0) is 4.74 Å². The van der Waals surface area contributed by atoms with E-state index in [-0.39, 0.29) is 17.4 Å². The Morgan fingerprint density at radius 2 is 1.96 bits per heavy atom. The second-order valence-corrected chi connectivity index (χ2v) is 8.24. The van der Waals surface area contributed by atoms with Crippen molar-refractivity contribution < 1.29 is 23.8 Å². The molecule has 136 valence electrons. The Hall–Kier alpha value is -1.62. The van der Waals surface area contributed by atoms with Gasteiger partial charge in [-0.1, -0.05) is 6.42 Å². The maximum Gasteiger partial charge on any atom is 0.205 e. The van der Waals surface area contributed by atoms with Crippen LogP contribution in [-0.4, -0.2) is 17.9 Å². The Bertz CT molecular complexity index is 686. The minimum Gasteiger partial charge on any atom is -0.545 e. The second kappa shape index (κ2) is 5.97. The molecule has 5 atom stereocenters. The first-order chi connectivity index (χ1) is 11.8. The Morgan fingerprint density at radius 3 is 2.72 bits per heavy atom. The van der Waals surface area contributed by atoms with Crippen LogP contribution in [0.15, 0.2) is 18.2 Å². The minimum atomic E-state index is -1.36. The fourth-order valence-corrected chi connectivity index (χ4v) is 5.50. The van der Waals surface area contributed by atoms with Crippen LogP contribution >= 0.6 is 0 Å². The number of ether oxygens (including phenoxy) is 2. The smallest absolute Gasteiger partial charge is 0.205 e. The van der Waals surface area contributed by atoms with E-state index in [2.05, 4.69) is 0 Å². The van der Waals surface area contributed by atoms with E-state index in [9.17, 15) is 14.3 Å². The number of fused-ring (bicyclic) bond motifs is 5. The highest BCUT2D eigenvalue weighted by atomic mass is 19.1. The van der Waals surface area contributed by atoms with Crippen molar-refractivity contribution in [2.75, 3.05) is 0 Å². The fraction of sp³-hybridized carbons (Fsp3) is 0.650. The first-order valence-electron chi connectivity index (χ1n) is 9.22. The standard InChI is InChI=1S/C20H25FO4/c1-20(2,25-18-9-11(19(22)23)6-7-16(18)21)24-17-10-12-8-15(17)14-5-3-4-13(12)14/h6-7,9,12-15,17H,3-5,8,10H2,1-2H3,(H,22,23)/p-1. The lowest BCUT2D eigenvalue weighted by atomic mass is 9.80. The van der Waals surface area contributed by atoms with Gasteiger partial charge in [-0.3, -0.25) is 0 Å². The van der Waals surface area contributed by atoms with Gasteiger partial charge in [0.25, 0.3) is 0 Å². The summed E-state index contributed by atoms with van der Waals surface area (Å²) < 4.78 is 26.0. The van der Waals surface area contributed by atoms with Crippen molar-refractivity contribution in [1.29, 1.82) is 0 Å². The molecule has 0 aromatic heterocycles. The summed E-state index contributed by atoms with van der Waals surface area (Å²) in [5.74, 6) is -0.0997. The molecule has 0 saturated heterocycles. The monoisotopic (exact) mass is 347 g/mol. The van der Waals surface area contributed by atoms with Crippen molar-refractivity contribution in [3.63, 3.8) is 0 Å². The van der Waals surface area contributed by atoms with E-state index in [1.807, 2.05) is 0 Å². The number of rotatable bonds is 5. The molecular formula is C20H24FO4-. The number of carbonyl (C=O) groups excluding carboxylic acids is 1. The fourth-order valence-electron chi connectivity index (χ4n) is 5.50. The molecule has 2 bridgehead atoms. The average Bonchev–Trinajstić information content (AvgIpc) is 3.20. The normalized spacial score (nSPS) is 33.5. The van der Waals surface area contributed by atoms with Gasteiger partial charge in [0, 0.05) is 19.4 Å². The summed E-state index contributed by atoms with van der Waals surface area (Å²) in [7, 11) is 0. The third-order valence-corrected chi connectivity index (χ3v) is 6.33. The number of aromatic carboxylic acids is 1. The number of benzene rings is 1. The SMILES string of the molecule is CC(C)(Oc1cc(C(=O)[O-])ccc1F)OC1CC2CC1C1CCCC21. The van der Waals surface area contributed by atoms with Crippen LogP contribution in [0, 0.1) is 29.5 Å². The zero-order valence-electron chi connectivity index (χ0n) is 14.7. The van der Waals surface area contributed by atoms with Crippen LogP contribution in [0.1, 0.15) is 56.3 Å². The van der Waals surface area contributed by atoms with Crippen LogP contribution in [0.25, 0.3) is 0 Å². The number of hydrogen-bond donors (Lipinski definition) is 0. The van der Waals surface area contributed by atoms with E-state index in [1.54, 1.807) is 13.8 Å². The van der Waals surface area contributed by atoms with Crippen molar-refractivity contribution in [3.05, 3.63) is 29.6 Å². The molecule has 4 nitrogen and oxygen atoms in total. The highest BCUT2D eigenvalue weighted by Gasteiger charge is 2.55. The maximum absolute atomic E-state index is 14.0. The topological polar surface area (TPSA) is 58.6 Å². The Balaban J connectivity index is 1.46. The van der Waals surface area contributed by atoms with Crippen molar-refractivity contribution >= 4 is 5.97 Å². The van der Waals surface area contributed by atoms with Gasteiger partial charge in [0.2, 0.25) is 5.79 Å². The molecule has 0 amide bonds. The maximum atomic E-state index is 14.0. The molecular weight excluding hydrogens is 323 g/mol. The Kier molecular flexibility index (Phi) is 4.02. The van der Waals surface area contributed by atoms with Crippen molar-refractivity contribution in [2.45, 2.75) is 57.8 Å². The van der Waals surface area contributed by atoms with Gasteiger partial charge in [0.05, 0.1) is 12.1 Å². The largest absolute Gasteiger partial charge is 0.545 e. The van der Waals surface area contributed by atoms with E-state index in [0.29, 0.717) is 5.92 Å². The molecule has 3 aliphatic rings. The zero-order valence-corrected chi connectivity index (χ0v) is 14.7. The van der Waals surface area contributed by atoms with Crippen molar-refractivity contribution in [3.8, 4) is 5.75 Å². The third kappa shape index (κ3) is 3.03. The van der Waals surface area contributed by atoms with E-state index in [1.165, 1.54) is 31.7 Å². The van der Waals surface area contributed by atoms with Crippen LogP contribution in [0.2, 0.25) is 0 Å². The first-order valence-corrected chi connectivity index (χ1v) is 9.22. The van der Waals surface area contributed by atoms with E-state index in [4.69, 9.17) is 9.47 Å². The summed E-state index contributed by atoms with van der Waals surface area (Å²) in [5.41, 5.74) is -0.110. The highest BCUT2D eigenvalue weighted by molar-refractivity contribution is 5.86. The molecule has 0 radical (unpaired) electrons. The summed E-state index contributed by atoms with van der Waals surface area (Å²) in [6.45, 7) is 3.52. The number of carboxylic acid groups (broad SMARTS) is 1. The number of carboxylic acids is 1. The van der Waals surface area contributed by atoms with E-state index < -0.39 is 17.6 Å². The van der Waals surface area contributed by atoms with Gasteiger partial charge >= 0.3 is 0 Å². The van der Waals surface area contributed by atoms with Gasteiger partial charge in [0.15, 0.2) is 11.6 Å². The van der Waals surface area contributed by atoms with E-state index in [0.717, 1.165) is 36.3 Å². The molecule has 3 fully saturated rings. The van der Waals surface area contributed by atoms with Crippen molar-refractivity contribution in [1.82, 2.24) is 0 Å². The number of carbonyl (C=O) groups is 1. The van der Waals surface area contributed by atoms with Crippen LogP contribution < -0.4 is 9.84 Å². The van der Waals surface area contributed by atoms with Gasteiger partial charge in [0.1, 0.15) is 0 Å². The van der Waals surface area contributed by atoms with Crippen molar-refractivity contribution in [2.24, 2.45) is 23.7 Å². The van der Waals surface area contributed by atoms with Gasteiger partial charge in [-0.25, -0.2) is 4.39 Å². The molecule has 25 heavy (non-hydrogen) atoms. The van der Waals surface area contributed by atoms with Gasteiger partial charge in [-0.05, 0) is 67.6 Å². The Labute approximate surface area is 147 Å². The minimum absolute atomic E-state index is 0.110. The van der Waals surface area contributed by atoms with Crippen LogP contribution in [0.5, 0.6) is 5.75 Å². The predicted molar refractivity (Wildman–Crippen MR) is 87.4 cm³/mol. The lowest BCUT2D eigenvalue weighted by molar-refractivity contribution is -0.255. The lowest BCUT2D eigenvalue weighted by Gasteiger charge is -2.37. The molecule has 0 heterocycles. The molecule has 1 aromatic rings. The molecule has 3 saturated carbocycles. The highest BCUT2D eigenvalue weighted by Crippen LogP contribution is 2.59. The van der Waals surface area contributed by atoms with Gasteiger partial charge in [-0.15, -0.1) is 0 Å². The molecule has 0 spiro atoms. The molecule has 1 aromatic carbocycles. The molecule has 0 aliphatic heterocycles. The quantitative estimate of drug-likeness (QED) is 0.768. The molecule has 3 aliphatic carbocycles. The predicted octanol–water partition coefficient (Wildman–Crippen LogP) is 3.15. The zero-order chi connectivity index (χ0) is 17.8. The summed E-state index contributed by atoms with van der Waals surface area (Å²) in [4.78, 5) is 11.0. The van der Waals surface area contributed by atoms with Crippen LogP contribution in [0.4, 0.5) is 4.39 Å². The number of hydrogen-bond acceptors (Lipinski definition) is 4. The third-order valence-electron chi connectivity index (χ3n) is 6.33.